The van der Waals surface area contributed by atoms with Crippen molar-refractivity contribution in [3.8, 4) is 17.2 Å². The zero-order valence-electron chi connectivity index (χ0n) is 17.7. The van der Waals surface area contributed by atoms with E-state index in [1.54, 1.807) is 0 Å². The van der Waals surface area contributed by atoms with Crippen LogP contribution in [0.5, 0.6) is 0 Å². The van der Waals surface area contributed by atoms with Crippen molar-refractivity contribution in [2.24, 2.45) is 0 Å². The normalized spacial score (nSPS) is 11.9. The highest BCUT2D eigenvalue weighted by atomic mass is 14.2. The van der Waals surface area contributed by atoms with Crippen LogP contribution in [0.3, 0.4) is 0 Å². The van der Waals surface area contributed by atoms with Gasteiger partial charge >= 0.3 is 0 Å². The molecule has 0 aromatic heterocycles. The number of nitrogens with zero attached hydrogens (tertiary/aromatic N) is 1. The number of rotatable bonds is 6. The lowest BCUT2D eigenvalue weighted by molar-refractivity contribution is 0.759. The molecule has 4 aromatic carbocycles. The molecule has 0 spiro atoms. The summed E-state index contributed by atoms with van der Waals surface area (Å²) in [5.41, 5.74) is 8.07. The van der Waals surface area contributed by atoms with Gasteiger partial charge in [-0.05, 0) is 57.9 Å². The number of hydrogen-bond donors (Lipinski definition) is 0. The molecule has 150 valence electrons. The van der Waals surface area contributed by atoms with Gasteiger partial charge in [0.2, 0.25) is 0 Å². The number of hydrogen-bond acceptors (Lipinski definition) is 1. The highest BCUT2D eigenvalue weighted by molar-refractivity contribution is 5.72. The van der Waals surface area contributed by atoms with Crippen molar-refractivity contribution in [3.63, 3.8) is 0 Å². The van der Waals surface area contributed by atoms with E-state index in [1.165, 1.54) is 22.3 Å². The highest BCUT2D eigenvalue weighted by Crippen LogP contribution is 2.22. The summed E-state index contributed by atoms with van der Waals surface area (Å²) in [6.45, 7) is 2.28. The maximum atomic E-state index is 8.93. The summed E-state index contributed by atoms with van der Waals surface area (Å²) in [4.78, 5) is 0. The van der Waals surface area contributed by atoms with E-state index in [1.807, 2.05) is 24.3 Å². The van der Waals surface area contributed by atoms with E-state index in [0.29, 0.717) is 11.5 Å². The van der Waals surface area contributed by atoms with E-state index in [4.69, 9.17) is 5.26 Å². The minimum Gasteiger partial charge on any atom is -0.192 e. The summed E-state index contributed by atoms with van der Waals surface area (Å²) in [7, 11) is 0. The Morgan fingerprint density at radius 3 is 1.74 bits per heavy atom. The molecule has 0 N–H and O–H groups in total. The average molecular weight is 400 g/mol. The van der Waals surface area contributed by atoms with Gasteiger partial charge in [0.25, 0.3) is 0 Å². The minimum atomic E-state index is 0.511. The van der Waals surface area contributed by atoms with Crippen LogP contribution in [-0.2, 0) is 6.42 Å². The van der Waals surface area contributed by atoms with Gasteiger partial charge in [-0.1, -0.05) is 110 Å². The van der Waals surface area contributed by atoms with Gasteiger partial charge in [-0.3, -0.25) is 0 Å². The van der Waals surface area contributed by atoms with Crippen LogP contribution < -0.4 is 0 Å². The molecule has 4 aromatic rings. The maximum Gasteiger partial charge on any atom is 0.0991 e. The Bertz CT molecular complexity index is 1180. The standard InChI is InChI=1S/C30H25N/c1-23(28-5-3-2-4-6-28)21-26-11-9-24(10-12-26)7-8-25-13-17-29(18-14-25)30-19-15-27(22-31)16-20-30/h2-20,23H,21H2,1H3/t23-/m0/s1. The fraction of sp³-hybridized carbons (Fsp3) is 0.100. The van der Waals surface area contributed by atoms with Gasteiger partial charge in [-0.2, -0.15) is 5.26 Å². The van der Waals surface area contributed by atoms with Gasteiger partial charge in [0, 0.05) is 0 Å². The molecule has 1 atom stereocenters. The van der Waals surface area contributed by atoms with Gasteiger partial charge in [-0.25, -0.2) is 0 Å². The van der Waals surface area contributed by atoms with E-state index in [9.17, 15) is 0 Å². The summed E-state index contributed by atoms with van der Waals surface area (Å²) >= 11 is 0. The monoisotopic (exact) mass is 399 g/mol. The van der Waals surface area contributed by atoms with Gasteiger partial charge < -0.3 is 0 Å². The van der Waals surface area contributed by atoms with Crippen molar-refractivity contribution in [2.45, 2.75) is 19.3 Å². The van der Waals surface area contributed by atoms with Crippen molar-refractivity contribution in [1.29, 1.82) is 5.26 Å². The molecule has 0 saturated heterocycles. The van der Waals surface area contributed by atoms with Crippen LogP contribution in [0.15, 0.2) is 103 Å². The Balaban J connectivity index is 1.38. The lowest BCUT2D eigenvalue weighted by atomic mass is 9.93. The first-order chi connectivity index (χ1) is 15.2. The predicted molar refractivity (Wildman–Crippen MR) is 131 cm³/mol. The molecular formula is C30H25N. The summed E-state index contributed by atoms with van der Waals surface area (Å²) in [6.07, 6.45) is 5.34. The zero-order chi connectivity index (χ0) is 21.5. The molecule has 0 saturated carbocycles. The minimum absolute atomic E-state index is 0.511. The molecule has 0 radical (unpaired) electrons. The first-order valence-corrected chi connectivity index (χ1v) is 10.6. The molecule has 0 heterocycles. The summed E-state index contributed by atoms with van der Waals surface area (Å²) < 4.78 is 0. The van der Waals surface area contributed by atoms with Crippen LogP contribution in [0.1, 0.15) is 40.7 Å². The molecule has 1 heteroatoms. The maximum absolute atomic E-state index is 8.93. The van der Waals surface area contributed by atoms with Gasteiger partial charge in [0.1, 0.15) is 0 Å². The van der Waals surface area contributed by atoms with Gasteiger partial charge in [0.15, 0.2) is 0 Å². The van der Waals surface area contributed by atoms with E-state index >= 15 is 0 Å². The van der Waals surface area contributed by atoms with Crippen molar-refractivity contribution < 1.29 is 0 Å². The first kappa shape index (κ1) is 20.4. The van der Waals surface area contributed by atoms with Crippen molar-refractivity contribution in [3.05, 3.63) is 131 Å². The van der Waals surface area contributed by atoms with Crippen LogP contribution in [-0.4, -0.2) is 0 Å². The third-order valence-electron chi connectivity index (χ3n) is 5.62. The van der Waals surface area contributed by atoms with E-state index < -0.39 is 0 Å². The quantitative estimate of drug-likeness (QED) is 0.304. The predicted octanol–water partition coefficient (Wildman–Crippen LogP) is 7.74. The van der Waals surface area contributed by atoms with Crippen LogP contribution in [0.25, 0.3) is 23.3 Å². The number of benzene rings is 4. The van der Waals surface area contributed by atoms with Crippen LogP contribution in [0.2, 0.25) is 0 Å². The van der Waals surface area contributed by atoms with Gasteiger partial charge in [-0.15, -0.1) is 0 Å². The molecule has 0 aliphatic carbocycles. The molecule has 0 fully saturated rings. The van der Waals surface area contributed by atoms with E-state index in [-0.39, 0.29) is 0 Å². The molecule has 0 bridgehead atoms. The molecule has 0 aliphatic rings. The first-order valence-electron chi connectivity index (χ1n) is 10.6. The molecule has 0 amide bonds. The smallest absolute Gasteiger partial charge is 0.0991 e. The van der Waals surface area contributed by atoms with Crippen LogP contribution in [0.4, 0.5) is 0 Å². The van der Waals surface area contributed by atoms with Crippen LogP contribution >= 0.6 is 0 Å². The molecule has 0 unspecified atom stereocenters. The lowest BCUT2D eigenvalue weighted by Crippen LogP contribution is -1.98. The SMILES string of the molecule is C[C@@H](Cc1ccc(C=Cc2ccc(-c3ccc(C#N)cc3)cc2)cc1)c1ccccc1. The Kier molecular flexibility index (Phi) is 6.41. The van der Waals surface area contributed by atoms with Crippen molar-refractivity contribution in [2.75, 3.05) is 0 Å². The van der Waals surface area contributed by atoms with E-state index in [0.717, 1.165) is 17.5 Å². The fourth-order valence-corrected chi connectivity index (χ4v) is 3.73. The lowest BCUT2D eigenvalue weighted by Gasteiger charge is -2.12. The highest BCUT2D eigenvalue weighted by Gasteiger charge is 2.06. The number of nitriles is 1. The Morgan fingerprint density at radius 1 is 0.677 bits per heavy atom. The van der Waals surface area contributed by atoms with Crippen LogP contribution in [0, 0.1) is 11.3 Å². The van der Waals surface area contributed by atoms with Crippen molar-refractivity contribution in [1.82, 2.24) is 0 Å². The molecule has 1 nitrogen and oxygen atoms in total. The summed E-state index contributed by atoms with van der Waals surface area (Å²) in [6, 6.07) is 37.9. The Hall–Kier alpha value is -3.89. The second-order valence-electron chi connectivity index (χ2n) is 7.90. The van der Waals surface area contributed by atoms with E-state index in [2.05, 4.69) is 104 Å². The largest absolute Gasteiger partial charge is 0.192 e. The fourth-order valence-electron chi connectivity index (χ4n) is 3.73. The molecule has 4 rings (SSSR count). The zero-order valence-corrected chi connectivity index (χ0v) is 17.7. The summed E-state index contributed by atoms with van der Waals surface area (Å²) in [5.74, 6) is 0.511. The Labute approximate surface area is 184 Å². The second-order valence-corrected chi connectivity index (χ2v) is 7.90. The molecular weight excluding hydrogens is 374 g/mol. The van der Waals surface area contributed by atoms with Gasteiger partial charge in [0.05, 0.1) is 11.6 Å². The Morgan fingerprint density at radius 2 is 1.19 bits per heavy atom. The topological polar surface area (TPSA) is 23.8 Å². The third-order valence-corrected chi connectivity index (χ3v) is 5.62. The third kappa shape index (κ3) is 5.38. The molecule has 31 heavy (non-hydrogen) atoms. The molecule has 0 aliphatic heterocycles. The van der Waals surface area contributed by atoms with Crippen molar-refractivity contribution >= 4 is 12.2 Å². The summed E-state index contributed by atoms with van der Waals surface area (Å²) in [5, 5.41) is 8.93. The second kappa shape index (κ2) is 9.74. The average Bonchev–Trinajstić information content (AvgIpc) is 2.84.